The molecule has 2 aliphatic heterocycles. The summed E-state index contributed by atoms with van der Waals surface area (Å²) in [6, 6.07) is 14.2. The van der Waals surface area contributed by atoms with Gasteiger partial charge in [0.15, 0.2) is 17.3 Å². The van der Waals surface area contributed by atoms with Gasteiger partial charge in [-0.25, -0.2) is 9.78 Å². The van der Waals surface area contributed by atoms with Gasteiger partial charge in [-0.3, -0.25) is 9.69 Å². The third-order valence-corrected chi connectivity index (χ3v) is 5.30. The minimum absolute atomic E-state index is 0.0579. The van der Waals surface area contributed by atoms with Crippen LogP contribution in [0.4, 0.5) is 4.79 Å². The molecule has 1 saturated heterocycles. The predicted molar refractivity (Wildman–Crippen MR) is 106 cm³/mol. The van der Waals surface area contributed by atoms with Gasteiger partial charge in [0.2, 0.25) is 5.89 Å². The predicted octanol–water partition coefficient (Wildman–Crippen LogP) is 3.08. The fourth-order valence-electron chi connectivity index (χ4n) is 3.65. The molecule has 0 aliphatic carbocycles. The van der Waals surface area contributed by atoms with Crippen LogP contribution in [-0.2, 0) is 16.9 Å². The van der Waals surface area contributed by atoms with Crippen molar-refractivity contribution < 1.29 is 23.5 Å². The Morgan fingerprint density at radius 2 is 1.83 bits per heavy atom. The third kappa shape index (κ3) is 2.97. The molecule has 0 unspecified atom stereocenters. The van der Waals surface area contributed by atoms with Crippen LogP contribution in [0.5, 0.6) is 11.5 Å². The number of nitrogens with one attached hydrogen (secondary N) is 1. The number of urea groups is 1. The SMILES string of the molecule is C[C@]1(c2ccc3c(c2)OCCO3)NC(=O)N(Cc2ncc(-c3ccccc3)o2)C1=O. The molecule has 2 aromatic carbocycles. The van der Waals surface area contributed by atoms with Crippen LogP contribution in [0.1, 0.15) is 18.4 Å². The van der Waals surface area contributed by atoms with Crippen LogP contribution in [0.15, 0.2) is 59.1 Å². The van der Waals surface area contributed by atoms with E-state index in [1.807, 2.05) is 30.3 Å². The lowest BCUT2D eigenvalue weighted by Gasteiger charge is -2.25. The smallest absolute Gasteiger partial charge is 0.325 e. The Labute approximate surface area is 172 Å². The number of hydrogen-bond acceptors (Lipinski definition) is 6. The Bertz CT molecular complexity index is 1130. The van der Waals surface area contributed by atoms with Crippen LogP contribution in [-0.4, -0.2) is 35.0 Å². The third-order valence-electron chi connectivity index (χ3n) is 5.30. The van der Waals surface area contributed by atoms with Gasteiger partial charge in [0.25, 0.3) is 5.91 Å². The number of nitrogens with zero attached hydrogens (tertiary/aromatic N) is 2. The average molecular weight is 405 g/mol. The lowest BCUT2D eigenvalue weighted by Crippen LogP contribution is -2.41. The lowest BCUT2D eigenvalue weighted by molar-refractivity contribution is -0.131. The Hall–Kier alpha value is -3.81. The van der Waals surface area contributed by atoms with Gasteiger partial charge in [-0.15, -0.1) is 0 Å². The van der Waals surface area contributed by atoms with Gasteiger partial charge in [0, 0.05) is 5.56 Å². The number of rotatable bonds is 4. The Morgan fingerprint density at radius 3 is 2.63 bits per heavy atom. The molecule has 3 aromatic rings. The van der Waals surface area contributed by atoms with E-state index >= 15 is 0 Å². The van der Waals surface area contributed by atoms with E-state index in [4.69, 9.17) is 13.9 Å². The first-order chi connectivity index (χ1) is 14.5. The van der Waals surface area contributed by atoms with E-state index in [0.717, 1.165) is 10.5 Å². The van der Waals surface area contributed by atoms with Crippen molar-refractivity contribution in [3.8, 4) is 22.8 Å². The van der Waals surface area contributed by atoms with Crippen LogP contribution < -0.4 is 14.8 Å². The molecule has 0 radical (unpaired) electrons. The first-order valence-corrected chi connectivity index (χ1v) is 9.59. The van der Waals surface area contributed by atoms with Gasteiger partial charge in [0.05, 0.1) is 6.20 Å². The van der Waals surface area contributed by atoms with Crippen LogP contribution in [0.25, 0.3) is 11.3 Å². The molecule has 1 atom stereocenters. The van der Waals surface area contributed by atoms with Crippen molar-refractivity contribution in [3.63, 3.8) is 0 Å². The van der Waals surface area contributed by atoms with Gasteiger partial charge in [-0.05, 0) is 24.6 Å². The number of oxazole rings is 1. The summed E-state index contributed by atoms with van der Waals surface area (Å²) in [6.07, 6.45) is 1.59. The van der Waals surface area contributed by atoms with Crippen molar-refractivity contribution in [1.82, 2.24) is 15.2 Å². The van der Waals surface area contributed by atoms with Crippen LogP contribution in [0.2, 0.25) is 0 Å². The molecule has 2 aliphatic rings. The summed E-state index contributed by atoms with van der Waals surface area (Å²) in [5.74, 6) is 1.65. The highest BCUT2D eigenvalue weighted by atomic mass is 16.6. The molecule has 1 fully saturated rings. The normalized spacial score (nSPS) is 20.4. The second-order valence-corrected chi connectivity index (χ2v) is 7.29. The molecule has 8 heteroatoms. The maximum absolute atomic E-state index is 13.2. The maximum atomic E-state index is 13.2. The highest BCUT2D eigenvalue weighted by Crippen LogP contribution is 2.37. The van der Waals surface area contributed by atoms with Gasteiger partial charge in [-0.2, -0.15) is 0 Å². The van der Waals surface area contributed by atoms with E-state index in [0.29, 0.717) is 36.0 Å². The average Bonchev–Trinajstić information content (AvgIpc) is 3.33. The van der Waals surface area contributed by atoms with E-state index in [9.17, 15) is 9.59 Å². The number of fused-ring (bicyclic) bond motifs is 1. The van der Waals surface area contributed by atoms with E-state index in [1.165, 1.54) is 0 Å². The summed E-state index contributed by atoms with van der Waals surface area (Å²) in [5, 5.41) is 2.78. The molecule has 1 N–H and O–H groups in total. The summed E-state index contributed by atoms with van der Waals surface area (Å²) in [6.45, 7) is 2.53. The Morgan fingerprint density at radius 1 is 1.07 bits per heavy atom. The number of amides is 3. The van der Waals surface area contributed by atoms with Crippen molar-refractivity contribution in [1.29, 1.82) is 0 Å². The number of aromatic nitrogens is 1. The van der Waals surface area contributed by atoms with Crippen molar-refractivity contribution in [2.24, 2.45) is 0 Å². The summed E-state index contributed by atoms with van der Waals surface area (Å²) < 4.78 is 16.9. The summed E-state index contributed by atoms with van der Waals surface area (Å²) in [5.41, 5.74) is 0.265. The van der Waals surface area contributed by atoms with E-state index < -0.39 is 11.6 Å². The fourth-order valence-corrected chi connectivity index (χ4v) is 3.65. The van der Waals surface area contributed by atoms with Crippen molar-refractivity contribution in [2.75, 3.05) is 13.2 Å². The van der Waals surface area contributed by atoms with E-state index in [2.05, 4.69) is 10.3 Å². The minimum Gasteiger partial charge on any atom is -0.486 e. The zero-order valence-electron chi connectivity index (χ0n) is 16.3. The van der Waals surface area contributed by atoms with E-state index in [-0.39, 0.29) is 18.3 Å². The first-order valence-electron chi connectivity index (χ1n) is 9.59. The molecular formula is C22H19N3O5. The number of carbonyl (C=O) groups excluding carboxylic acids is 2. The van der Waals surface area contributed by atoms with Crippen LogP contribution in [0.3, 0.4) is 0 Å². The standard InChI is InChI=1S/C22H19N3O5/c1-22(15-7-8-16-17(11-15)29-10-9-28-16)20(26)25(21(27)24-22)13-19-23-12-18(30-19)14-5-3-2-4-6-14/h2-8,11-12H,9-10,13H2,1H3,(H,24,27)/t22-/m1/s1. The molecule has 1 aromatic heterocycles. The van der Waals surface area contributed by atoms with Crippen LogP contribution in [0, 0.1) is 0 Å². The molecule has 8 nitrogen and oxygen atoms in total. The zero-order chi connectivity index (χ0) is 20.7. The number of carbonyl (C=O) groups is 2. The molecule has 0 spiro atoms. The quantitative estimate of drug-likeness (QED) is 0.671. The number of ether oxygens (including phenoxy) is 2. The zero-order valence-corrected chi connectivity index (χ0v) is 16.3. The summed E-state index contributed by atoms with van der Waals surface area (Å²) in [7, 11) is 0. The molecule has 3 amide bonds. The molecule has 30 heavy (non-hydrogen) atoms. The topological polar surface area (TPSA) is 93.9 Å². The maximum Gasteiger partial charge on any atom is 0.325 e. The second kappa shape index (κ2) is 6.91. The van der Waals surface area contributed by atoms with Gasteiger partial charge < -0.3 is 19.2 Å². The van der Waals surface area contributed by atoms with Gasteiger partial charge in [0.1, 0.15) is 25.3 Å². The molecule has 152 valence electrons. The lowest BCUT2D eigenvalue weighted by atomic mass is 9.91. The highest BCUT2D eigenvalue weighted by molar-refractivity contribution is 6.07. The molecule has 0 bridgehead atoms. The second-order valence-electron chi connectivity index (χ2n) is 7.29. The summed E-state index contributed by atoms with van der Waals surface area (Å²) in [4.78, 5) is 31.1. The monoisotopic (exact) mass is 405 g/mol. The number of benzene rings is 2. The molecular weight excluding hydrogens is 386 g/mol. The molecule has 3 heterocycles. The first kappa shape index (κ1) is 18.2. The van der Waals surface area contributed by atoms with E-state index in [1.54, 1.807) is 31.3 Å². The Kier molecular flexibility index (Phi) is 4.20. The van der Waals surface area contributed by atoms with Gasteiger partial charge >= 0.3 is 6.03 Å². The van der Waals surface area contributed by atoms with Crippen LogP contribution >= 0.6 is 0 Å². The number of hydrogen-bond donors (Lipinski definition) is 1. The Balaban J connectivity index is 1.39. The molecule has 5 rings (SSSR count). The van der Waals surface area contributed by atoms with Crippen molar-refractivity contribution >= 4 is 11.9 Å². The minimum atomic E-state index is -1.22. The highest BCUT2D eigenvalue weighted by Gasteiger charge is 2.49. The molecule has 0 saturated carbocycles. The van der Waals surface area contributed by atoms with Gasteiger partial charge in [-0.1, -0.05) is 36.4 Å². The fraction of sp³-hybridized carbons (Fsp3) is 0.227. The summed E-state index contributed by atoms with van der Waals surface area (Å²) >= 11 is 0. The largest absolute Gasteiger partial charge is 0.486 e. The number of imide groups is 1. The van der Waals surface area contributed by atoms with Crippen molar-refractivity contribution in [3.05, 3.63) is 66.2 Å². The van der Waals surface area contributed by atoms with Crippen molar-refractivity contribution in [2.45, 2.75) is 19.0 Å².